The first kappa shape index (κ1) is 13.6. The van der Waals surface area contributed by atoms with E-state index in [-0.39, 0.29) is 12.0 Å². The number of amides is 1. The Hall–Kier alpha value is -1.49. The molecule has 0 saturated carbocycles. The number of rotatable bonds is 5. The SMILES string of the molecule is CCC(O)CCNC(=O)c1cc(C)nnc1C. The number of hydrogen-bond donors (Lipinski definition) is 2. The van der Waals surface area contributed by atoms with Gasteiger partial charge in [0, 0.05) is 6.54 Å². The van der Waals surface area contributed by atoms with Crippen LogP contribution in [0.1, 0.15) is 41.5 Å². The van der Waals surface area contributed by atoms with E-state index in [2.05, 4.69) is 15.5 Å². The highest BCUT2D eigenvalue weighted by molar-refractivity contribution is 5.95. The minimum Gasteiger partial charge on any atom is -0.393 e. The summed E-state index contributed by atoms with van der Waals surface area (Å²) in [5, 5.41) is 19.9. The Bertz CT molecular complexity index is 393. The lowest BCUT2D eigenvalue weighted by Gasteiger charge is -2.09. The van der Waals surface area contributed by atoms with Crippen molar-refractivity contribution in [3.8, 4) is 0 Å². The van der Waals surface area contributed by atoms with Crippen molar-refractivity contribution in [2.75, 3.05) is 6.54 Å². The first-order chi connectivity index (χ1) is 8.04. The second kappa shape index (κ2) is 6.30. The summed E-state index contributed by atoms with van der Waals surface area (Å²) >= 11 is 0. The maximum Gasteiger partial charge on any atom is 0.253 e. The van der Waals surface area contributed by atoms with E-state index in [0.717, 1.165) is 0 Å². The first-order valence-corrected chi connectivity index (χ1v) is 5.81. The van der Waals surface area contributed by atoms with Crippen LogP contribution >= 0.6 is 0 Å². The van der Waals surface area contributed by atoms with Gasteiger partial charge in [0.25, 0.3) is 5.91 Å². The van der Waals surface area contributed by atoms with Crippen molar-refractivity contribution in [1.82, 2.24) is 15.5 Å². The van der Waals surface area contributed by atoms with Gasteiger partial charge in [0.1, 0.15) is 0 Å². The lowest BCUT2D eigenvalue weighted by atomic mass is 10.1. The zero-order valence-electron chi connectivity index (χ0n) is 10.5. The molecule has 17 heavy (non-hydrogen) atoms. The molecule has 0 bridgehead atoms. The van der Waals surface area contributed by atoms with Gasteiger partial charge in [-0.15, -0.1) is 0 Å². The number of aryl methyl sites for hydroxylation is 2. The molecule has 0 aliphatic heterocycles. The fraction of sp³-hybridized carbons (Fsp3) is 0.583. The van der Waals surface area contributed by atoms with Crippen LogP contribution < -0.4 is 5.32 Å². The molecule has 1 rings (SSSR count). The van der Waals surface area contributed by atoms with Crippen molar-refractivity contribution >= 4 is 5.91 Å². The predicted molar refractivity (Wildman–Crippen MR) is 64.8 cm³/mol. The molecule has 2 N–H and O–H groups in total. The maximum atomic E-state index is 11.8. The number of carbonyl (C=O) groups excluding carboxylic acids is 1. The summed E-state index contributed by atoms with van der Waals surface area (Å²) in [5.41, 5.74) is 1.88. The van der Waals surface area contributed by atoms with Crippen LogP contribution in [0.2, 0.25) is 0 Å². The van der Waals surface area contributed by atoms with Crippen molar-refractivity contribution in [3.05, 3.63) is 23.0 Å². The topological polar surface area (TPSA) is 75.1 Å². The van der Waals surface area contributed by atoms with Crippen molar-refractivity contribution in [2.24, 2.45) is 0 Å². The Labute approximate surface area is 101 Å². The van der Waals surface area contributed by atoms with Crippen LogP contribution in [0.25, 0.3) is 0 Å². The average Bonchev–Trinajstić information content (AvgIpc) is 2.31. The van der Waals surface area contributed by atoms with E-state index >= 15 is 0 Å². The lowest BCUT2D eigenvalue weighted by Crippen LogP contribution is -2.28. The molecule has 5 nitrogen and oxygen atoms in total. The molecular formula is C12H19N3O2. The van der Waals surface area contributed by atoms with Gasteiger partial charge in [0.05, 0.1) is 23.1 Å². The van der Waals surface area contributed by atoms with Crippen LogP contribution in [-0.4, -0.2) is 33.9 Å². The first-order valence-electron chi connectivity index (χ1n) is 5.81. The lowest BCUT2D eigenvalue weighted by molar-refractivity contribution is 0.0940. The summed E-state index contributed by atoms with van der Waals surface area (Å²) < 4.78 is 0. The van der Waals surface area contributed by atoms with Crippen molar-refractivity contribution in [2.45, 2.75) is 39.7 Å². The number of aromatic nitrogens is 2. The molecule has 1 aromatic rings. The summed E-state index contributed by atoms with van der Waals surface area (Å²) in [7, 11) is 0. The van der Waals surface area contributed by atoms with Crippen LogP contribution in [0.4, 0.5) is 0 Å². The second-order valence-corrected chi connectivity index (χ2v) is 4.09. The van der Waals surface area contributed by atoms with Gasteiger partial charge in [0.2, 0.25) is 0 Å². The summed E-state index contributed by atoms with van der Waals surface area (Å²) in [6.07, 6.45) is 0.914. The molecule has 0 radical (unpaired) electrons. The Morgan fingerprint density at radius 2 is 2.18 bits per heavy atom. The Morgan fingerprint density at radius 3 is 2.82 bits per heavy atom. The summed E-state index contributed by atoms with van der Waals surface area (Å²) in [5.74, 6) is -0.163. The van der Waals surface area contributed by atoms with E-state index in [1.54, 1.807) is 19.9 Å². The average molecular weight is 237 g/mol. The van der Waals surface area contributed by atoms with Crippen LogP contribution in [0, 0.1) is 13.8 Å². The summed E-state index contributed by atoms with van der Waals surface area (Å²) in [6, 6.07) is 1.72. The molecule has 0 saturated heterocycles. The number of nitrogens with zero attached hydrogens (tertiary/aromatic N) is 2. The Kier molecular flexibility index (Phi) is 5.03. The summed E-state index contributed by atoms with van der Waals surface area (Å²) in [4.78, 5) is 11.8. The molecule has 1 atom stereocenters. The van der Waals surface area contributed by atoms with E-state index < -0.39 is 0 Å². The van der Waals surface area contributed by atoms with Gasteiger partial charge in [-0.05, 0) is 32.8 Å². The zero-order valence-corrected chi connectivity index (χ0v) is 10.5. The van der Waals surface area contributed by atoms with Gasteiger partial charge < -0.3 is 10.4 Å². The standard InChI is InChI=1S/C12H19N3O2/c1-4-10(16)5-6-13-12(17)11-7-8(2)14-15-9(11)3/h7,10,16H,4-6H2,1-3H3,(H,13,17). The predicted octanol–water partition coefficient (Wildman–Crippen LogP) is 0.984. The molecule has 0 fully saturated rings. The van der Waals surface area contributed by atoms with E-state index in [1.807, 2.05) is 6.92 Å². The largest absolute Gasteiger partial charge is 0.393 e. The van der Waals surface area contributed by atoms with Crippen molar-refractivity contribution in [3.63, 3.8) is 0 Å². The molecular weight excluding hydrogens is 218 g/mol. The normalized spacial score (nSPS) is 12.2. The van der Waals surface area contributed by atoms with Gasteiger partial charge in [-0.25, -0.2) is 0 Å². The highest BCUT2D eigenvalue weighted by atomic mass is 16.3. The minimum atomic E-state index is -0.353. The second-order valence-electron chi connectivity index (χ2n) is 4.09. The highest BCUT2D eigenvalue weighted by Gasteiger charge is 2.11. The van der Waals surface area contributed by atoms with Gasteiger partial charge >= 0.3 is 0 Å². The molecule has 0 aliphatic rings. The number of aliphatic hydroxyl groups excluding tert-OH is 1. The molecule has 0 spiro atoms. The van der Waals surface area contributed by atoms with E-state index in [1.165, 1.54) is 0 Å². The third-order valence-corrected chi connectivity index (χ3v) is 2.58. The number of carbonyl (C=O) groups is 1. The highest BCUT2D eigenvalue weighted by Crippen LogP contribution is 2.05. The van der Waals surface area contributed by atoms with E-state index in [4.69, 9.17) is 0 Å². The van der Waals surface area contributed by atoms with Crippen LogP contribution in [0.15, 0.2) is 6.07 Å². The number of hydrogen-bond acceptors (Lipinski definition) is 4. The fourth-order valence-corrected chi connectivity index (χ4v) is 1.43. The fourth-order valence-electron chi connectivity index (χ4n) is 1.43. The van der Waals surface area contributed by atoms with Gasteiger partial charge in [0.15, 0.2) is 0 Å². The molecule has 1 amide bonds. The van der Waals surface area contributed by atoms with Gasteiger partial charge in [-0.2, -0.15) is 10.2 Å². The molecule has 1 heterocycles. The van der Waals surface area contributed by atoms with Gasteiger partial charge in [-0.3, -0.25) is 4.79 Å². The van der Waals surface area contributed by atoms with Crippen molar-refractivity contribution in [1.29, 1.82) is 0 Å². The zero-order chi connectivity index (χ0) is 12.8. The quantitative estimate of drug-likeness (QED) is 0.800. The van der Waals surface area contributed by atoms with Crippen molar-refractivity contribution < 1.29 is 9.90 Å². The van der Waals surface area contributed by atoms with Crippen LogP contribution in [0.3, 0.4) is 0 Å². The molecule has 5 heteroatoms. The molecule has 1 unspecified atom stereocenters. The van der Waals surface area contributed by atoms with Gasteiger partial charge in [-0.1, -0.05) is 6.92 Å². The maximum absolute atomic E-state index is 11.8. The van der Waals surface area contributed by atoms with Crippen LogP contribution in [0.5, 0.6) is 0 Å². The molecule has 94 valence electrons. The monoisotopic (exact) mass is 237 g/mol. The minimum absolute atomic E-state index is 0.163. The smallest absolute Gasteiger partial charge is 0.253 e. The van der Waals surface area contributed by atoms with E-state index in [9.17, 15) is 9.90 Å². The Balaban J connectivity index is 2.55. The molecule has 0 aliphatic carbocycles. The number of aliphatic hydroxyl groups is 1. The van der Waals surface area contributed by atoms with E-state index in [0.29, 0.717) is 36.3 Å². The van der Waals surface area contributed by atoms with Crippen LogP contribution in [-0.2, 0) is 0 Å². The Morgan fingerprint density at radius 1 is 1.47 bits per heavy atom. The third-order valence-electron chi connectivity index (χ3n) is 2.58. The summed E-state index contributed by atoms with van der Waals surface area (Å²) in [6.45, 7) is 5.92. The molecule has 0 aromatic carbocycles. The third kappa shape index (κ3) is 4.11. The number of nitrogens with one attached hydrogen (secondary N) is 1. The molecule has 1 aromatic heterocycles.